The molecule has 0 radical (unpaired) electrons. The summed E-state index contributed by atoms with van der Waals surface area (Å²) in [5.41, 5.74) is -12.1. The number of hydrogen-bond acceptors (Lipinski definition) is 2. The Morgan fingerprint density at radius 2 is 0.727 bits per heavy atom. The Morgan fingerprint density at radius 3 is 1.05 bits per heavy atom. The number of halogens is 20. The van der Waals surface area contributed by atoms with Crippen molar-refractivity contribution in [3.8, 4) is 6.07 Å². The fraction of sp³-hybridized carbons (Fsp3) is 0.0238. The number of ketones is 1. The highest BCUT2D eigenvalue weighted by molar-refractivity contribution is 7.20. The van der Waals surface area contributed by atoms with Crippen LogP contribution >= 0.6 is 0 Å². The van der Waals surface area contributed by atoms with Crippen LogP contribution in [0.2, 0.25) is 0 Å². The minimum Gasteiger partial charge on any atom is -0.287 e. The van der Waals surface area contributed by atoms with Crippen molar-refractivity contribution in [3.63, 3.8) is 0 Å². The van der Waals surface area contributed by atoms with Gasteiger partial charge in [0.1, 0.15) is 58.8 Å². The molecule has 6 aromatic carbocycles. The van der Waals surface area contributed by atoms with Crippen LogP contribution in [-0.2, 0) is 6.54 Å². The summed E-state index contributed by atoms with van der Waals surface area (Å²) in [5.74, 6) is -71.4. The van der Waals surface area contributed by atoms with Crippen molar-refractivity contribution in [1.29, 1.82) is 5.26 Å². The van der Waals surface area contributed by atoms with E-state index < -0.39 is 144 Å². The van der Waals surface area contributed by atoms with Gasteiger partial charge in [-0.3, -0.25) is 4.79 Å². The van der Waals surface area contributed by atoms with Crippen LogP contribution in [0.25, 0.3) is 10.9 Å². The molecular weight excluding hydrogens is 939 g/mol. The highest BCUT2D eigenvalue weighted by Crippen LogP contribution is 2.31. The summed E-state index contributed by atoms with van der Waals surface area (Å²) >= 11 is 0. The maximum Gasteiger partial charge on any atom is 0.227 e. The summed E-state index contributed by atoms with van der Waals surface area (Å²) in [4.78, 5) is 12.3. The number of nitrogens with zero attached hydrogens (tertiary/aromatic N) is 2. The molecule has 0 bridgehead atoms. The van der Waals surface area contributed by atoms with E-state index in [1.54, 1.807) is 6.07 Å². The smallest absolute Gasteiger partial charge is 0.227 e. The lowest BCUT2D eigenvalue weighted by molar-refractivity contribution is -0.657. The minimum atomic E-state index is -7.22. The SMILES string of the molecule is Fc1c(F)c(F)c([B-](c2c(F)c(F)c(F)c(F)c2F)(c2c(F)c(F)c(F)c(F)c2F)c2c(F)c(F)c(F)c(F)c2F)c(F)c1F.N#Cc1cccc2c1ccc[n+]2CC(=O)c1ccccc1. The molecule has 0 unspecified atom stereocenters. The lowest BCUT2D eigenvalue weighted by Gasteiger charge is -2.44. The fourth-order valence-electron chi connectivity index (χ4n) is 7.28. The van der Waals surface area contributed by atoms with Crippen molar-refractivity contribution < 1.29 is 97.2 Å². The molecule has 24 heteroatoms. The molecule has 1 aromatic heterocycles. The maximum atomic E-state index is 15.4. The van der Waals surface area contributed by atoms with E-state index in [-0.39, 0.29) is 12.3 Å². The Hall–Kier alpha value is -7.45. The number of carbonyl (C=O) groups excluding carboxylic acids is 1. The van der Waals surface area contributed by atoms with Crippen LogP contribution in [0.4, 0.5) is 87.8 Å². The first-order valence-corrected chi connectivity index (χ1v) is 17.6. The van der Waals surface area contributed by atoms with Gasteiger partial charge in [0, 0.05) is 17.7 Å². The van der Waals surface area contributed by atoms with Crippen LogP contribution in [-0.4, -0.2) is 11.9 Å². The predicted octanol–water partition coefficient (Wildman–Crippen LogP) is 8.73. The maximum absolute atomic E-state index is 15.4. The van der Waals surface area contributed by atoms with E-state index in [1.807, 2.05) is 65.4 Å². The third-order valence-electron chi connectivity index (χ3n) is 10.2. The van der Waals surface area contributed by atoms with Crippen LogP contribution in [0.5, 0.6) is 0 Å². The average Bonchev–Trinajstić information content (AvgIpc) is 3.31. The molecule has 0 spiro atoms. The zero-order valence-corrected chi connectivity index (χ0v) is 31.5. The van der Waals surface area contributed by atoms with Crippen LogP contribution in [0.15, 0.2) is 66.9 Å². The lowest BCUT2D eigenvalue weighted by Crippen LogP contribution is -2.81. The number of aromatic nitrogens is 1. The molecule has 0 aliphatic carbocycles. The summed E-state index contributed by atoms with van der Waals surface area (Å²) in [5, 5.41) is 10.0. The molecule has 3 nitrogen and oxygen atoms in total. The molecule has 0 fully saturated rings. The number of fused-ring (bicyclic) bond motifs is 1. The number of carbonyl (C=O) groups is 1. The molecule has 0 saturated carbocycles. The Bertz CT molecular complexity index is 2830. The number of Topliss-reactive ketones (excluding diaryl/α,β-unsaturated/α-hetero) is 1. The van der Waals surface area contributed by atoms with E-state index in [1.165, 1.54) is 0 Å². The van der Waals surface area contributed by atoms with Gasteiger partial charge in [0.05, 0.1) is 10.9 Å². The van der Waals surface area contributed by atoms with Crippen molar-refractivity contribution >= 4 is 44.7 Å². The van der Waals surface area contributed by atoms with E-state index in [0.717, 1.165) is 10.9 Å². The lowest BCUT2D eigenvalue weighted by atomic mass is 9.12. The van der Waals surface area contributed by atoms with E-state index in [4.69, 9.17) is 5.26 Å². The highest BCUT2D eigenvalue weighted by Gasteiger charge is 2.52. The first-order valence-electron chi connectivity index (χ1n) is 17.6. The standard InChI is InChI=1S/C24BF20.C18H13N2O/c26-5-1(6(27)14(35)21(42)13(5)34)25(2-7(28)15(36)22(43)16(37)8(2)29,3-9(30)17(38)23(44)18(39)10(3)31)4-11(32)19(40)24(45)20(41)12(4)33;19-12-15-8-4-10-17-16(15)9-5-11-20(17)13-18(21)14-6-2-1-3-7-14/h;1-11H,13H2/q-1;+1. The molecule has 0 amide bonds. The van der Waals surface area contributed by atoms with Gasteiger partial charge in [-0.25, -0.2) is 87.8 Å². The summed E-state index contributed by atoms with van der Waals surface area (Å²) < 4.78 is 296. The Kier molecular flexibility index (Phi) is 13.0. The van der Waals surface area contributed by atoms with Gasteiger partial charge in [0.2, 0.25) is 17.8 Å². The first-order chi connectivity index (χ1) is 31.0. The summed E-state index contributed by atoms with van der Waals surface area (Å²) in [7, 11) is 0. The molecule has 0 aliphatic heterocycles. The number of rotatable bonds is 7. The van der Waals surface area contributed by atoms with Crippen molar-refractivity contribution in [2.75, 3.05) is 0 Å². The highest BCUT2D eigenvalue weighted by atomic mass is 19.2. The van der Waals surface area contributed by atoms with Gasteiger partial charge in [-0.15, -0.1) is 21.9 Å². The Morgan fingerprint density at radius 1 is 0.409 bits per heavy atom. The zero-order chi connectivity index (χ0) is 49.0. The normalized spacial score (nSPS) is 11.4. The van der Waals surface area contributed by atoms with Crippen molar-refractivity contribution in [2.24, 2.45) is 0 Å². The van der Waals surface area contributed by atoms with Gasteiger partial charge in [0.15, 0.2) is 76.0 Å². The molecule has 0 atom stereocenters. The molecule has 340 valence electrons. The minimum absolute atomic E-state index is 0.0514. The van der Waals surface area contributed by atoms with Gasteiger partial charge < -0.3 is 0 Å². The Labute approximate surface area is 353 Å². The van der Waals surface area contributed by atoms with Gasteiger partial charge in [-0.05, 0) is 12.1 Å². The van der Waals surface area contributed by atoms with Crippen LogP contribution in [0, 0.1) is 128 Å². The van der Waals surface area contributed by atoms with Crippen molar-refractivity contribution in [3.05, 3.63) is 194 Å². The van der Waals surface area contributed by atoms with E-state index in [9.17, 15) is 57.5 Å². The topological polar surface area (TPSA) is 44.7 Å². The molecule has 0 aliphatic rings. The molecule has 66 heavy (non-hydrogen) atoms. The predicted molar refractivity (Wildman–Crippen MR) is 189 cm³/mol. The number of benzene rings is 6. The van der Waals surface area contributed by atoms with Gasteiger partial charge in [0.25, 0.3) is 0 Å². The third kappa shape index (κ3) is 7.31. The molecule has 1 heterocycles. The summed E-state index contributed by atoms with van der Waals surface area (Å²) in [6.45, 7) is 0.260. The Balaban J connectivity index is 0.000000284. The molecular formula is C42H13BF20N2O. The van der Waals surface area contributed by atoms with Gasteiger partial charge in [-0.1, -0.05) is 36.4 Å². The van der Waals surface area contributed by atoms with E-state index in [2.05, 4.69) is 6.07 Å². The zero-order valence-electron chi connectivity index (χ0n) is 31.5. The molecule has 7 aromatic rings. The quantitative estimate of drug-likeness (QED) is 0.0401. The summed E-state index contributed by atoms with van der Waals surface area (Å²) in [6, 6.07) is 20.7. The van der Waals surface area contributed by atoms with Crippen LogP contribution < -0.4 is 26.4 Å². The molecule has 0 N–H and O–H groups in total. The molecule has 7 rings (SSSR count). The van der Waals surface area contributed by atoms with Crippen LogP contribution in [0.3, 0.4) is 0 Å². The van der Waals surface area contributed by atoms with Crippen LogP contribution in [0.1, 0.15) is 15.9 Å². The monoisotopic (exact) mass is 952 g/mol. The van der Waals surface area contributed by atoms with Gasteiger partial charge in [-0.2, -0.15) is 9.83 Å². The number of hydrogen-bond donors (Lipinski definition) is 0. The van der Waals surface area contributed by atoms with Gasteiger partial charge >= 0.3 is 0 Å². The fourth-order valence-corrected chi connectivity index (χ4v) is 7.28. The largest absolute Gasteiger partial charge is 0.287 e. The number of pyridine rings is 1. The average molecular weight is 952 g/mol. The number of nitriles is 1. The second-order valence-corrected chi connectivity index (χ2v) is 13.6. The van der Waals surface area contributed by atoms with Crippen molar-refractivity contribution in [1.82, 2.24) is 0 Å². The second kappa shape index (κ2) is 17.8. The first kappa shape index (κ1) is 48.0. The molecule has 0 saturated heterocycles. The third-order valence-corrected chi connectivity index (χ3v) is 10.2. The second-order valence-electron chi connectivity index (χ2n) is 13.6. The van der Waals surface area contributed by atoms with E-state index in [0.29, 0.717) is 11.1 Å². The van der Waals surface area contributed by atoms with E-state index >= 15 is 35.1 Å². The summed E-state index contributed by atoms with van der Waals surface area (Å²) in [6.07, 6.45) is -5.35. The van der Waals surface area contributed by atoms with Crippen molar-refractivity contribution in [2.45, 2.75) is 6.54 Å².